The molecule has 0 saturated carbocycles. The second kappa shape index (κ2) is 2.35. The number of hydrogen-bond donors (Lipinski definition) is 0. The first-order valence-electron chi connectivity index (χ1n) is 3.08. The summed E-state index contributed by atoms with van der Waals surface area (Å²) in [6.45, 7) is 2.78. The van der Waals surface area contributed by atoms with Crippen molar-refractivity contribution in [2.24, 2.45) is 5.92 Å². The summed E-state index contributed by atoms with van der Waals surface area (Å²) in [5.41, 5.74) is 0. The van der Waals surface area contributed by atoms with Gasteiger partial charge in [-0.3, -0.25) is 9.63 Å². The van der Waals surface area contributed by atoms with Gasteiger partial charge in [-0.1, -0.05) is 6.92 Å². The molecule has 1 rings (SSSR count). The van der Waals surface area contributed by atoms with Gasteiger partial charge >= 0.3 is 0 Å². The van der Waals surface area contributed by atoms with Crippen LogP contribution >= 0.6 is 0 Å². The van der Waals surface area contributed by atoms with E-state index in [2.05, 4.69) is 0 Å². The van der Waals surface area contributed by atoms with Gasteiger partial charge in [-0.15, -0.1) is 0 Å². The lowest BCUT2D eigenvalue weighted by molar-refractivity contribution is -0.167. The summed E-state index contributed by atoms with van der Waals surface area (Å²) in [5, 5.41) is 1.41. The maximum Gasteiger partial charge on any atom is 0.246 e. The molecule has 3 nitrogen and oxygen atoms in total. The predicted molar refractivity (Wildman–Crippen MR) is 32.5 cm³/mol. The number of rotatable bonds is 1. The van der Waals surface area contributed by atoms with Gasteiger partial charge in [-0.2, -0.15) is 0 Å². The van der Waals surface area contributed by atoms with Crippen molar-refractivity contribution in [2.45, 2.75) is 13.3 Å². The lowest BCUT2D eigenvalue weighted by Gasteiger charge is -2.10. The minimum atomic E-state index is 0.102. The fourth-order valence-electron chi connectivity index (χ4n) is 1.03. The van der Waals surface area contributed by atoms with Crippen molar-refractivity contribution in [1.82, 2.24) is 5.06 Å². The fraction of sp³-hybridized carbons (Fsp3) is 0.833. The summed E-state index contributed by atoms with van der Waals surface area (Å²) < 4.78 is 0. The Morgan fingerprint density at radius 1 is 1.78 bits per heavy atom. The molecule has 1 aliphatic heterocycles. The third-order valence-electron chi connectivity index (χ3n) is 1.50. The van der Waals surface area contributed by atoms with E-state index >= 15 is 0 Å². The summed E-state index contributed by atoms with van der Waals surface area (Å²) in [6.07, 6.45) is 0.633. The number of hydrogen-bond acceptors (Lipinski definition) is 2. The molecular formula is C6H11NO2. The number of nitrogens with zero attached hydrogens (tertiary/aromatic N) is 1. The zero-order chi connectivity index (χ0) is 6.85. The largest absolute Gasteiger partial charge is 0.274 e. The zero-order valence-corrected chi connectivity index (χ0v) is 5.76. The molecule has 0 aromatic heterocycles. The van der Waals surface area contributed by atoms with Gasteiger partial charge in [0.2, 0.25) is 5.91 Å². The highest BCUT2D eigenvalue weighted by atomic mass is 16.7. The highest BCUT2D eigenvalue weighted by Gasteiger charge is 2.26. The van der Waals surface area contributed by atoms with Crippen LogP contribution in [0.5, 0.6) is 0 Å². The molecule has 1 heterocycles. The van der Waals surface area contributed by atoms with E-state index in [0.29, 0.717) is 12.3 Å². The van der Waals surface area contributed by atoms with E-state index in [0.717, 1.165) is 6.54 Å². The molecule has 52 valence electrons. The lowest BCUT2D eigenvalue weighted by Crippen LogP contribution is -2.23. The lowest BCUT2D eigenvalue weighted by atomic mass is 10.2. The number of amides is 1. The molecule has 1 unspecified atom stereocenters. The summed E-state index contributed by atoms with van der Waals surface area (Å²) in [7, 11) is 1.52. The second-order valence-corrected chi connectivity index (χ2v) is 2.45. The first-order valence-corrected chi connectivity index (χ1v) is 3.08. The Bertz CT molecular complexity index is 124. The monoisotopic (exact) mass is 129 g/mol. The van der Waals surface area contributed by atoms with E-state index in [-0.39, 0.29) is 5.91 Å². The van der Waals surface area contributed by atoms with Crippen molar-refractivity contribution >= 4 is 5.91 Å². The molecule has 1 atom stereocenters. The Kier molecular flexibility index (Phi) is 1.71. The molecule has 0 N–H and O–H groups in total. The Balaban J connectivity index is 2.48. The predicted octanol–water partition coefficient (Wildman–Crippen LogP) is 0.416. The van der Waals surface area contributed by atoms with E-state index in [4.69, 9.17) is 4.84 Å². The van der Waals surface area contributed by atoms with Gasteiger partial charge in [0.15, 0.2) is 0 Å². The van der Waals surface area contributed by atoms with Crippen LogP contribution in [-0.4, -0.2) is 24.6 Å². The summed E-state index contributed by atoms with van der Waals surface area (Å²) in [6, 6.07) is 0. The zero-order valence-electron chi connectivity index (χ0n) is 5.76. The minimum absolute atomic E-state index is 0.102. The SMILES string of the molecule is CON1CC(C)CC1=O. The van der Waals surface area contributed by atoms with Crippen molar-refractivity contribution < 1.29 is 9.63 Å². The fourth-order valence-corrected chi connectivity index (χ4v) is 1.03. The van der Waals surface area contributed by atoms with Crippen LogP contribution < -0.4 is 0 Å². The first-order chi connectivity index (χ1) is 4.24. The van der Waals surface area contributed by atoms with Crippen molar-refractivity contribution in [3.8, 4) is 0 Å². The Hall–Kier alpha value is -0.570. The van der Waals surface area contributed by atoms with E-state index in [9.17, 15) is 4.79 Å². The maximum absolute atomic E-state index is 10.8. The average molecular weight is 129 g/mol. The van der Waals surface area contributed by atoms with Crippen LogP contribution in [0.3, 0.4) is 0 Å². The van der Waals surface area contributed by atoms with E-state index < -0.39 is 0 Å². The molecule has 0 aromatic carbocycles. The molecule has 9 heavy (non-hydrogen) atoms. The molecular weight excluding hydrogens is 118 g/mol. The van der Waals surface area contributed by atoms with Crippen molar-refractivity contribution in [2.75, 3.05) is 13.7 Å². The average Bonchev–Trinajstić information content (AvgIpc) is 2.10. The van der Waals surface area contributed by atoms with Crippen molar-refractivity contribution in [3.05, 3.63) is 0 Å². The Labute approximate surface area is 54.5 Å². The molecule has 0 spiro atoms. The van der Waals surface area contributed by atoms with Gasteiger partial charge in [0.05, 0.1) is 13.7 Å². The van der Waals surface area contributed by atoms with Gasteiger partial charge in [-0.05, 0) is 5.92 Å². The van der Waals surface area contributed by atoms with Crippen LogP contribution in [0, 0.1) is 5.92 Å². The summed E-state index contributed by atoms with van der Waals surface area (Å²) >= 11 is 0. The maximum atomic E-state index is 10.8. The topological polar surface area (TPSA) is 29.5 Å². The van der Waals surface area contributed by atoms with E-state index in [1.807, 2.05) is 6.92 Å². The Morgan fingerprint density at radius 2 is 2.44 bits per heavy atom. The van der Waals surface area contributed by atoms with Crippen LogP contribution in [-0.2, 0) is 9.63 Å². The summed E-state index contributed by atoms with van der Waals surface area (Å²) in [4.78, 5) is 15.6. The second-order valence-electron chi connectivity index (χ2n) is 2.45. The normalized spacial score (nSPS) is 27.6. The van der Waals surface area contributed by atoms with E-state index in [1.54, 1.807) is 0 Å². The third-order valence-corrected chi connectivity index (χ3v) is 1.50. The Morgan fingerprint density at radius 3 is 2.67 bits per heavy atom. The highest BCUT2D eigenvalue weighted by molar-refractivity contribution is 5.77. The quantitative estimate of drug-likeness (QED) is 0.513. The first kappa shape index (κ1) is 6.55. The third kappa shape index (κ3) is 1.21. The molecule has 1 aliphatic rings. The molecule has 1 amide bonds. The minimum Gasteiger partial charge on any atom is -0.274 e. The van der Waals surface area contributed by atoms with Crippen LogP contribution in [0.15, 0.2) is 0 Å². The highest BCUT2D eigenvalue weighted by Crippen LogP contribution is 2.15. The van der Waals surface area contributed by atoms with Crippen LogP contribution in [0.1, 0.15) is 13.3 Å². The summed E-state index contributed by atoms with van der Waals surface area (Å²) in [5.74, 6) is 0.558. The van der Waals surface area contributed by atoms with Crippen LogP contribution in [0.2, 0.25) is 0 Å². The van der Waals surface area contributed by atoms with Gasteiger partial charge in [0.25, 0.3) is 0 Å². The molecule has 0 aromatic rings. The van der Waals surface area contributed by atoms with Crippen molar-refractivity contribution in [3.63, 3.8) is 0 Å². The molecule has 0 bridgehead atoms. The van der Waals surface area contributed by atoms with Crippen molar-refractivity contribution in [1.29, 1.82) is 0 Å². The molecule has 0 aliphatic carbocycles. The molecule has 3 heteroatoms. The van der Waals surface area contributed by atoms with E-state index in [1.165, 1.54) is 12.2 Å². The molecule has 1 saturated heterocycles. The van der Waals surface area contributed by atoms with Gasteiger partial charge in [0.1, 0.15) is 0 Å². The molecule has 0 radical (unpaired) electrons. The standard InChI is InChI=1S/C6H11NO2/c1-5-3-6(8)7(4-5)9-2/h5H,3-4H2,1-2H3. The smallest absolute Gasteiger partial charge is 0.246 e. The number of hydroxylamine groups is 2. The van der Waals surface area contributed by atoms with Gasteiger partial charge in [0, 0.05) is 6.42 Å². The number of carbonyl (C=O) groups is 1. The van der Waals surface area contributed by atoms with Crippen LogP contribution in [0.25, 0.3) is 0 Å². The molecule has 1 fully saturated rings. The van der Waals surface area contributed by atoms with Gasteiger partial charge in [-0.25, -0.2) is 5.06 Å². The number of carbonyl (C=O) groups excluding carboxylic acids is 1. The van der Waals surface area contributed by atoms with Gasteiger partial charge < -0.3 is 0 Å². The van der Waals surface area contributed by atoms with Crippen LogP contribution in [0.4, 0.5) is 0 Å².